The number of ether oxygens (including phenoxy) is 2. The smallest absolute Gasteiger partial charge is 0.130 e. The third kappa shape index (κ3) is 3.18. The number of hydrogen-bond donors (Lipinski definition) is 1. The number of aryl methyl sites for hydroxylation is 1. The van der Waals surface area contributed by atoms with Gasteiger partial charge in [0.15, 0.2) is 0 Å². The van der Waals surface area contributed by atoms with E-state index in [-0.39, 0.29) is 5.54 Å². The molecule has 0 aromatic heterocycles. The third-order valence-electron chi connectivity index (χ3n) is 4.97. The average molecular weight is 360 g/mol. The first-order valence-corrected chi connectivity index (χ1v) is 8.98. The summed E-state index contributed by atoms with van der Waals surface area (Å²) in [7, 11) is 3.32. The highest BCUT2D eigenvalue weighted by molar-refractivity contribution is 6.35. The molecule has 134 valence electrons. The second-order valence-electron chi connectivity index (χ2n) is 7.52. The molecule has 1 atom stereocenters. The van der Waals surface area contributed by atoms with Crippen LogP contribution in [0.4, 0.5) is 5.69 Å². The quantitative estimate of drug-likeness (QED) is 0.725. The summed E-state index contributed by atoms with van der Waals surface area (Å²) in [6, 6.07) is 7.99. The van der Waals surface area contributed by atoms with Gasteiger partial charge >= 0.3 is 0 Å². The van der Waals surface area contributed by atoms with Crippen molar-refractivity contribution >= 4 is 17.3 Å². The maximum absolute atomic E-state index is 6.90. The number of rotatable bonds is 3. The van der Waals surface area contributed by atoms with Gasteiger partial charge in [0.05, 0.1) is 19.2 Å². The average Bonchev–Trinajstić information content (AvgIpc) is 2.56. The zero-order valence-electron chi connectivity index (χ0n) is 15.8. The highest BCUT2D eigenvalue weighted by atomic mass is 35.5. The molecule has 1 heterocycles. The lowest BCUT2D eigenvalue weighted by Gasteiger charge is -2.39. The summed E-state index contributed by atoms with van der Waals surface area (Å²) in [5, 5.41) is 4.47. The van der Waals surface area contributed by atoms with Crippen LogP contribution >= 0.6 is 11.6 Å². The van der Waals surface area contributed by atoms with E-state index >= 15 is 0 Å². The Balaban J connectivity index is 2.21. The third-order valence-corrected chi connectivity index (χ3v) is 5.38. The maximum Gasteiger partial charge on any atom is 0.130 e. The number of anilines is 1. The Bertz CT molecular complexity index is 814. The van der Waals surface area contributed by atoms with Crippen LogP contribution in [0.25, 0.3) is 11.1 Å². The maximum atomic E-state index is 6.90. The Hall–Kier alpha value is -1.87. The van der Waals surface area contributed by atoms with E-state index in [1.807, 2.05) is 18.2 Å². The van der Waals surface area contributed by atoms with Crippen LogP contribution in [-0.2, 0) is 0 Å². The molecular formula is C21H26ClNO2. The number of methoxy groups -OCH3 is 2. The first kappa shape index (κ1) is 17.9. The second-order valence-corrected chi connectivity index (χ2v) is 7.90. The van der Waals surface area contributed by atoms with Gasteiger partial charge in [0.25, 0.3) is 0 Å². The summed E-state index contributed by atoms with van der Waals surface area (Å²) in [4.78, 5) is 0. The van der Waals surface area contributed by atoms with E-state index in [1.165, 1.54) is 16.8 Å². The summed E-state index contributed by atoms with van der Waals surface area (Å²) in [6.45, 7) is 8.86. The zero-order valence-corrected chi connectivity index (χ0v) is 16.5. The Morgan fingerprint density at radius 1 is 1.12 bits per heavy atom. The van der Waals surface area contributed by atoms with Crippen LogP contribution < -0.4 is 14.8 Å². The largest absolute Gasteiger partial charge is 0.497 e. The Kier molecular flexibility index (Phi) is 4.63. The first-order chi connectivity index (χ1) is 11.8. The number of benzene rings is 2. The molecule has 0 fully saturated rings. The Morgan fingerprint density at radius 2 is 1.84 bits per heavy atom. The van der Waals surface area contributed by atoms with Crippen molar-refractivity contribution in [2.45, 2.75) is 45.6 Å². The second kappa shape index (κ2) is 6.45. The summed E-state index contributed by atoms with van der Waals surface area (Å²) in [5.41, 5.74) is 5.63. The van der Waals surface area contributed by atoms with Crippen molar-refractivity contribution in [2.24, 2.45) is 0 Å². The molecule has 1 aliphatic rings. The SMILES string of the molecule is COc1ccc(-c2cc(C)c3c(c2Cl)C(C)CC(C)(C)N3)c(OC)c1. The molecule has 4 heteroatoms. The Morgan fingerprint density at radius 3 is 2.48 bits per heavy atom. The zero-order chi connectivity index (χ0) is 18.4. The number of hydrogen-bond acceptors (Lipinski definition) is 3. The van der Waals surface area contributed by atoms with Gasteiger partial charge in [-0.15, -0.1) is 0 Å². The van der Waals surface area contributed by atoms with E-state index in [0.717, 1.165) is 34.1 Å². The number of fused-ring (bicyclic) bond motifs is 1. The molecule has 0 aliphatic carbocycles. The minimum Gasteiger partial charge on any atom is -0.497 e. The molecule has 0 radical (unpaired) electrons. The molecule has 2 aromatic rings. The fourth-order valence-corrected chi connectivity index (χ4v) is 4.36. The molecule has 0 saturated heterocycles. The highest BCUT2D eigenvalue weighted by Crippen LogP contribution is 2.49. The summed E-state index contributed by atoms with van der Waals surface area (Å²) in [5.74, 6) is 1.92. The van der Waals surface area contributed by atoms with Crippen LogP contribution in [-0.4, -0.2) is 19.8 Å². The molecule has 3 nitrogen and oxygen atoms in total. The van der Waals surface area contributed by atoms with Gasteiger partial charge in [-0.25, -0.2) is 0 Å². The van der Waals surface area contributed by atoms with Gasteiger partial charge in [0.1, 0.15) is 11.5 Å². The van der Waals surface area contributed by atoms with Crippen molar-refractivity contribution in [3.05, 3.63) is 40.4 Å². The lowest BCUT2D eigenvalue weighted by molar-refractivity contribution is 0.395. The molecule has 0 amide bonds. The van der Waals surface area contributed by atoms with E-state index in [1.54, 1.807) is 14.2 Å². The van der Waals surface area contributed by atoms with Crippen LogP contribution in [0, 0.1) is 6.92 Å². The van der Waals surface area contributed by atoms with E-state index in [0.29, 0.717) is 5.92 Å². The molecule has 3 rings (SSSR count). The molecule has 1 N–H and O–H groups in total. The predicted molar refractivity (Wildman–Crippen MR) is 105 cm³/mol. The van der Waals surface area contributed by atoms with Gasteiger partial charge < -0.3 is 14.8 Å². The van der Waals surface area contributed by atoms with Crippen LogP contribution in [0.2, 0.25) is 5.02 Å². The van der Waals surface area contributed by atoms with Crippen molar-refractivity contribution in [3.63, 3.8) is 0 Å². The normalized spacial score (nSPS) is 18.3. The van der Waals surface area contributed by atoms with Crippen LogP contribution in [0.1, 0.15) is 44.2 Å². The lowest BCUT2D eigenvalue weighted by atomic mass is 9.79. The van der Waals surface area contributed by atoms with Crippen molar-refractivity contribution in [1.82, 2.24) is 0 Å². The molecule has 25 heavy (non-hydrogen) atoms. The molecule has 0 bridgehead atoms. The molecule has 1 unspecified atom stereocenters. The molecule has 0 spiro atoms. The van der Waals surface area contributed by atoms with Gasteiger partial charge in [-0.3, -0.25) is 0 Å². The predicted octanol–water partition coefficient (Wildman–Crippen LogP) is 6.03. The van der Waals surface area contributed by atoms with Gasteiger partial charge in [0, 0.05) is 28.4 Å². The standard InChI is InChI=1S/C21H26ClNO2/c1-12-9-16(15-8-7-14(24-5)10-17(15)25-6)19(22)18-13(2)11-21(3,4)23-20(12)18/h7-10,13,23H,11H2,1-6H3. The molecule has 1 aliphatic heterocycles. The van der Waals surface area contributed by atoms with Crippen LogP contribution in [0.3, 0.4) is 0 Å². The topological polar surface area (TPSA) is 30.5 Å². The van der Waals surface area contributed by atoms with E-state index in [2.05, 4.69) is 39.1 Å². The van der Waals surface area contributed by atoms with Crippen LogP contribution in [0.5, 0.6) is 11.5 Å². The minimum atomic E-state index is 0.0693. The van der Waals surface area contributed by atoms with E-state index in [4.69, 9.17) is 21.1 Å². The highest BCUT2D eigenvalue weighted by Gasteiger charge is 2.33. The van der Waals surface area contributed by atoms with E-state index < -0.39 is 0 Å². The van der Waals surface area contributed by atoms with Gasteiger partial charge in [-0.05, 0) is 62.4 Å². The first-order valence-electron chi connectivity index (χ1n) is 8.61. The summed E-state index contributed by atoms with van der Waals surface area (Å²) in [6.07, 6.45) is 1.04. The minimum absolute atomic E-state index is 0.0693. The van der Waals surface area contributed by atoms with Crippen molar-refractivity contribution in [3.8, 4) is 22.6 Å². The molecular weight excluding hydrogens is 334 g/mol. The van der Waals surface area contributed by atoms with Crippen molar-refractivity contribution < 1.29 is 9.47 Å². The number of nitrogens with one attached hydrogen (secondary N) is 1. The summed E-state index contributed by atoms with van der Waals surface area (Å²) >= 11 is 6.90. The van der Waals surface area contributed by atoms with Crippen molar-refractivity contribution in [2.75, 3.05) is 19.5 Å². The molecule has 2 aromatic carbocycles. The fraction of sp³-hybridized carbons (Fsp3) is 0.429. The van der Waals surface area contributed by atoms with Gasteiger partial charge in [-0.2, -0.15) is 0 Å². The number of halogens is 1. The molecule has 0 saturated carbocycles. The fourth-order valence-electron chi connectivity index (χ4n) is 3.92. The van der Waals surface area contributed by atoms with Gasteiger partial charge in [-0.1, -0.05) is 18.5 Å². The van der Waals surface area contributed by atoms with E-state index in [9.17, 15) is 0 Å². The monoisotopic (exact) mass is 359 g/mol. The van der Waals surface area contributed by atoms with Crippen molar-refractivity contribution in [1.29, 1.82) is 0 Å². The lowest BCUT2D eigenvalue weighted by Crippen LogP contribution is -2.37. The van der Waals surface area contributed by atoms with Crippen LogP contribution in [0.15, 0.2) is 24.3 Å². The summed E-state index contributed by atoms with van der Waals surface area (Å²) < 4.78 is 10.9. The van der Waals surface area contributed by atoms with Gasteiger partial charge in [0.2, 0.25) is 0 Å². The Labute approximate surface area is 155 Å².